The minimum Gasteiger partial charge on any atom is -0.476 e. The van der Waals surface area contributed by atoms with Crippen LogP contribution in [0.15, 0.2) is 6.07 Å². The number of carbonyl (C=O) groups is 1. The number of fused-ring (bicyclic) bond motifs is 1. The smallest absolute Gasteiger partial charge is 0.407 e. The van der Waals surface area contributed by atoms with Crippen LogP contribution < -0.4 is 15.0 Å². The van der Waals surface area contributed by atoms with Crippen molar-refractivity contribution in [2.45, 2.75) is 44.3 Å². The fraction of sp³-hybridized carbons (Fsp3) is 0.667. The van der Waals surface area contributed by atoms with E-state index in [0.29, 0.717) is 44.7 Å². The van der Waals surface area contributed by atoms with Crippen LogP contribution in [-0.4, -0.2) is 84.4 Å². The van der Waals surface area contributed by atoms with E-state index in [0.717, 1.165) is 37.3 Å². The van der Waals surface area contributed by atoms with Crippen molar-refractivity contribution in [3.05, 3.63) is 17.3 Å². The molecule has 0 aliphatic carbocycles. The van der Waals surface area contributed by atoms with Crippen LogP contribution in [0.2, 0.25) is 0 Å². The number of piperazine rings is 1. The number of hydrogen-bond acceptors (Lipinski definition) is 7. The van der Waals surface area contributed by atoms with E-state index in [1.807, 2.05) is 6.07 Å². The molecule has 0 aromatic carbocycles. The lowest BCUT2D eigenvalue weighted by atomic mass is 10.0. The van der Waals surface area contributed by atoms with Gasteiger partial charge >= 0.3 is 6.09 Å². The summed E-state index contributed by atoms with van der Waals surface area (Å²) in [6, 6.07) is 4.24. The highest BCUT2D eigenvalue weighted by molar-refractivity contribution is 5.67. The van der Waals surface area contributed by atoms with Crippen LogP contribution in [0, 0.1) is 11.3 Å². The molecule has 162 valence electrons. The first-order valence-corrected chi connectivity index (χ1v) is 10.7. The molecule has 9 heteroatoms. The number of nitrogens with one attached hydrogen (secondary N) is 1. The lowest BCUT2D eigenvalue weighted by molar-refractivity contribution is 0.119. The van der Waals surface area contributed by atoms with Gasteiger partial charge in [0, 0.05) is 44.0 Å². The molecule has 3 aliphatic rings. The summed E-state index contributed by atoms with van der Waals surface area (Å²) in [5.74, 6) is 0.630. The van der Waals surface area contributed by atoms with Gasteiger partial charge in [0.2, 0.25) is 5.88 Å². The Bertz CT molecular complexity index is 826. The Hall–Kier alpha value is -2.57. The molecule has 1 aromatic rings. The second-order valence-electron chi connectivity index (χ2n) is 8.36. The number of pyridine rings is 1. The average Bonchev–Trinajstić information content (AvgIpc) is 3.16. The van der Waals surface area contributed by atoms with E-state index in [9.17, 15) is 15.2 Å². The predicted octanol–water partition coefficient (Wildman–Crippen LogP) is 1.28. The van der Waals surface area contributed by atoms with Gasteiger partial charge in [-0.05, 0) is 45.0 Å². The van der Waals surface area contributed by atoms with E-state index in [1.165, 1.54) is 16.9 Å². The van der Waals surface area contributed by atoms with E-state index >= 15 is 0 Å². The molecule has 2 atom stereocenters. The molecule has 0 spiro atoms. The Morgan fingerprint density at radius 1 is 1.40 bits per heavy atom. The van der Waals surface area contributed by atoms with Gasteiger partial charge in [-0.2, -0.15) is 5.26 Å². The maximum Gasteiger partial charge on any atom is 0.407 e. The number of nitriles is 1. The van der Waals surface area contributed by atoms with Crippen LogP contribution >= 0.6 is 0 Å². The number of nitrogens with zero attached hydrogens (tertiary/aromatic N) is 5. The summed E-state index contributed by atoms with van der Waals surface area (Å²) in [6.07, 6.45) is 2.45. The number of aromatic nitrogens is 1. The molecule has 0 bridgehead atoms. The molecule has 1 amide bonds. The van der Waals surface area contributed by atoms with E-state index in [2.05, 4.69) is 28.2 Å². The minimum atomic E-state index is -0.958. The van der Waals surface area contributed by atoms with Crippen molar-refractivity contribution in [2.24, 2.45) is 0 Å². The highest BCUT2D eigenvalue weighted by Gasteiger charge is 2.32. The van der Waals surface area contributed by atoms with Gasteiger partial charge in [0.15, 0.2) is 0 Å². The molecule has 0 radical (unpaired) electrons. The van der Waals surface area contributed by atoms with Crippen LogP contribution in [0.3, 0.4) is 0 Å². The second-order valence-corrected chi connectivity index (χ2v) is 8.36. The van der Waals surface area contributed by atoms with Crippen molar-refractivity contribution in [3.63, 3.8) is 0 Å². The third kappa shape index (κ3) is 4.30. The molecule has 30 heavy (non-hydrogen) atoms. The fourth-order valence-corrected chi connectivity index (χ4v) is 4.76. The molecule has 4 rings (SSSR count). The van der Waals surface area contributed by atoms with Gasteiger partial charge in [0.1, 0.15) is 6.61 Å². The lowest BCUT2D eigenvalue weighted by Gasteiger charge is -2.41. The summed E-state index contributed by atoms with van der Waals surface area (Å²) in [4.78, 5) is 22.3. The summed E-state index contributed by atoms with van der Waals surface area (Å²) in [7, 11) is 2.13. The van der Waals surface area contributed by atoms with E-state index in [1.54, 1.807) is 0 Å². The van der Waals surface area contributed by atoms with Crippen LogP contribution in [0.1, 0.15) is 30.5 Å². The van der Waals surface area contributed by atoms with Gasteiger partial charge in [-0.15, -0.1) is 0 Å². The van der Waals surface area contributed by atoms with Gasteiger partial charge in [0.25, 0.3) is 0 Å². The first-order chi connectivity index (χ1) is 14.6. The molecule has 0 unspecified atom stereocenters. The van der Waals surface area contributed by atoms with Gasteiger partial charge in [-0.1, -0.05) is 0 Å². The molecule has 4 heterocycles. The second kappa shape index (κ2) is 9.06. The molecule has 9 nitrogen and oxygen atoms in total. The number of amides is 1. The highest BCUT2D eigenvalue weighted by Crippen LogP contribution is 2.32. The Labute approximate surface area is 177 Å². The molecular weight excluding hydrogens is 384 g/mol. The first kappa shape index (κ1) is 20.7. The van der Waals surface area contributed by atoms with Crippen molar-refractivity contribution in [1.29, 1.82) is 5.26 Å². The maximum absolute atomic E-state index is 11.6. The molecule has 3 aliphatic heterocycles. The number of rotatable bonds is 5. The zero-order valence-electron chi connectivity index (χ0n) is 17.5. The molecule has 2 fully saturated rings. The zero-order chi connectivity index (χ0) is 21.1. The molecule has 2 saturated heterocycles. The summed E-state index contributed by atoms with van der Waals surface area (Å²) >= 11 is 0. The van der Waals surface area contributed by atoms with Gasteiger partial charge in [-0.25, -0.2) is 9.78 Å². The monoisotopic (exact) mass is 414 g/mol. The number of anilines is 1. The van der Waals surface area contributed by atoms with E-state index < -0.39 is 6.09 Å². The van der Waals surface area contributed by atoms with Crippen LogP contribution in [0.4, 0.5) is 10.5 Å². The SMILES string of the molecule is CN1CCC[C@H]1COc1cc(N2CCN(C(=O)O)[C@@H](CC#N)C2)c2c(n1)CNCC2. The Morgan fingerprint density at radius 2 is 2.27 bits per heavy atom. The lowest BCUT2D eigenvalue weighted by Crippen LogP contribution is -2.55. The normalized spacial score (nSPS) is 24.4. The van der Waals surface area contributed by atoms with Crippen LogP contribution in [-0.2, 0) is 13.0 Å². The Balaban J connectivity index is 1.56. The topological polar surface area (TPSA) is 105 Å². The van der Waals surface area contributed by atoms with E-state index in [-0.39, 0.29) is 12.5 Å². The number of likely N-dealkylation sites (tertiary alicyclic amines) is 1. The largest absolute Gasteiger partial charge is 0.476 e. The van der Waals surface area contributed by atoms with Crippen molar-refractivity contribution >= 4 is 11.8 Å². The van der Waals surface area contributed by atoms with Crippen molar-refractivity contribution < 1.29 is 14.6 Å². The van der Waals surface area contributed by atoms with Crippen LogP contribution in [0.25, 0.3) is 0 Å². The Morgan fingerprint density at radius 3 is 3.00 bits per heavy atom. The number of hydrogen-bond donors (Lipinski definition) is 2. The van der Waals surface area contributed by atoms with Crippen molar-refractivity contribution in [2.75, 3.05) is 51.3 Å². The summed E-state index contributed by atoms with van der Waals surface area (Å²) in [5.41, 5.74) is 3.29. The number of likely N-dealkylation sites (N-methyl/N-ethyl adjacent to an activating group) is 1. The number of ether oxygens (including phenoxy) is 1. The van der Waals surface area contributed by atoms with E-state index in [4.69, 9.17) is 9.72 Å². The standard InChI is InChI=1S/C21H30N6O3/c1-25-8-2-3-16(25)14-30-20-11-19(17-5-7-23-12-18(17)24-20)26-9-10-27(21(28)29)15(13-26)4-6-22/h11,15-16,23H,2-5,7-10,12-14H2,1H3,(H,28,29)/t15-,16-/m0/s1. The fourth-order valence-electron chi connectivity index (χ4n) is 4.76. The van der Waals surface area contributed by atoms with Gasteiger partial charge in [0.05, 0.1) is 24.2 Å². The third-order valence-corrected chi connectivity index (χ3v) is 6.50. The van der Waals surface area contributed by atoms with Crippen molar-refractivity contribution in [3.8, 4) is 11.9 Å². The predicted molar refractivity (Wildman–Crippen MR) is 112 cm³/mol. The highest BCUT2D eigenvalue weighted by atomic mass is 16.5. The van der Waals surface area contributed by atoms with Crippen molar-refractivity contribution in [1.82, 2.24) is 20.1 Å². The summed E-state index contributed by atoms with van der Waals surface area (Å²) in [5, 5.41) is 22.0. The average molecular weight is 415 g/mol. The maximum atomic E-state index is 11.6. The molecule has 1 aromatic heterocycles. The zero-order valence-corrected chi connectivity index (χ0v) is 17.5. The van der Waals surface area contributed by atoms with Crippen LogP contribution in [0.5, 0.6) is 5.88 Å². The first-order valence-electron chi connectivity index (χ1n) is 10.7. The summed E-state index contributed by atoms with van der Waals surface area (Å²) < 4.78 is 6.13. The Kier molecular flexibility index (Phi) is 6.25. The molecule has 0 saturated carbocycles. The number of carboxylic acid groups (broad SMARTS) is 1. The minimum absolute atomic E-state index is 0.189. The molecule has 2 N–H and O–H groups in total. The third-order valence-electron chi connectivity index (χ3n) is 6.50. The quantitative estimate of drug-likeness (QED) is 0.743. The van der Waals surface area contributed by atoms with Gasteiger partial charge < -0.3 is 29.9 Å². The summed E-state index contributed by atoms with van der Waals surface area (Å²) in [6.45, 7) is 4.83. The molecular formula is C21H30N6O3. The van der Waals surface area contributed by atoms with Gasteiger partial charge in [-0.3, -0.25) is 0 Å².